The number of fused-ring (bicyclic) bond motifs is 1. The van der Waals surface area contributed by atoms with Gasteiger partial charge in [0.15, 0.2) is 11.6 Å². The van der Waals surface area contributed by atoms with Crippen LogP contribution in [0.2, 0.25) is 5.02 Å². The van der Waals surface area contributed by atoms with Gasteiger partial charge in [-0.3, -0.25) is 9.59 Å². The van der Waals surface area contributed by atoms with Crippen molar-refractivity contribution in [2.45, 2.75) is 13.5 Å². The number of hydrogen-bond acceptors (Lipinski definition) is 4. The highest BCUT2D eigenvalue weighted by Crippen LogP contribution is 2.16. The topological polar surface area (TPSA) is 70.5 Å². The van der Waals surface area contributed by atoms with Gasteiger partial charge in [0.1, 0.15) is 6.54 Å². The summed E-state index contributed by atoms with van der Waals surface area (Å²) in [7, 11) is 0. The summed E-state index contributed by atoms with van der Waals surface area (Å²) in [6.07, 6.45) is 0. The van der Waals surface area contributed by atoms with Gasteiger partial charge in [0.2, 0.25) is 0 Å². The zero-order chi connectivity index (χ0) is 19.7. The minimum absolute atomic E-state index is 0.0824. The van der Waals surface area contributed by atoms with E-state index in [0.29, 0.717) is 28.3 Å². The lowest BCUT2D eigenvalue weighted by atomic mass is 10.1. The van der Waals surface area contributed by atoms with E-state index in [1.54, 1.807) is 25.1 Å². The molecule has 2 N–H and O–H groups in total. The van der Waals surface area contributed by atoms with E-state index in [-0.39, 0.29) is 11.3 Å². The number of nitrogens with one attached hydrogen (secondary N) is 2. The van der Waals surface area contributed by atoms with Crippen molar-refractivity contribution in [3.8, 4) is 0 Å². The molecule has 0 amide bonds. The average molecular weight is 398 g/mol. The van der Waals surface area contributed by atoms with Crippen molar-refractivity contribution in [3.63, 3.8) is 0 Å². The van der Waals surface area contributed by atoms with Crippen LogP contribution in [0, 0.1) is 0 Å². The highest BCUT2D eigenvalue weighted by Gasteiger charge is 2.21. The zero-order valence-electron chi connectivity index (χ0n) is 15.7. The molecule has 0 atom stereocenters. The van der Waals surface area contributed by atoms with Gasteiger partial charge in [-0.1, -0.05) is 11.6 Å². The van der Waals surface area contributed by atoms with Gasteiger partial charge in [-0.15, -0.1) is 0 Å². The summed E-state index contributed by atoms with van der Waals surface area (Å²) in [6, 6.07) is 12.9. The normalized spacial score (nSPS) is 15.1. The number of aromatic amines is 1. The van der Waals surface area contributed by atoms with Crippen molar-refractivity contribution >= 4 is 34.0 Å². The first-order chi connectivity index (χ1) is 13.5. The number of piperazine rings is 1. The van der Waals surface area contributed by atoms with E-state index >= 15 is 0 Å². The third-order valence-electron chi connectivity index (χ3n) is 5.24. The maximum Gasteiger partial charge on any atom is 0.258 e. The van der Waals surface area contributed by atoms with Gasteiger partial charge in [-0.2, -0.15) is 0 Å². The van der Waals surface area contributed by atoms with E-state index in [1.165, 1.54) is 4.90 Å². The molecule has 3 aromatic rings. The van der Waals surface area contributed by atoms with E-state index in [2.05, 4.69) is 14.9 Å². The summed E-state index contributed by atoms with van der Waals surface area (Å²) in [5, 5.41) is 1.13. The van der Waals surface area contributed by atoms with Crippen LogP contribution in [0.15, 0.2) is 47.3 Å². The Balaban J connectivity index is 1.42. The maximum atomic E-state index is 12.3. The van der Waals surface area contributed by atoms with Gasteiger partial charge in [0.25, 0.3) is 5.56 Å². The molecule has 6 nitrogen and oxygen atoms in total. The number of Topliss-reactive ketones (excluding diaryl/α,β-unsaturated/α-hetero) is 1. The Morgan fingerprint density at radius 1 is 1.18 bits per heavy atom. The third-order valence-corrected chi connectivity index (χ3v) is 5.48. The van der Waals surface area contributed by atoms with Crippen LogP contribution in [-0.2, 0) is 6.54 Å². The second kappa shape index (κ2) is 7.73. The molecule has 0 spiro atoms. The maximum absolute atomic E-state index is 12.3. The van der Waals surface area contributed by atoms with Crippen molar-refractivity contribution in [3.05, 3.63) is 69.2 Å². The molecule has 2 aromatic carbocycles. The fourth-order valence-corrected chi connectivity index (χ4v) is 3.81. The summed E-state index contributed by atoms with van der Waals surface area (Å²) in [4.78, 5) is 34.9. The standard InChI is InChI=1S/C21H21ClN4O2/c1-14(27)15-2-5-17(6-3-15)26-10-8-25(9-11-26)13-20-23-19-12-16(22)4-7-18(19)21(28)24-20/h2-7,12H,8-11,13H2,1H3,(H,23,24,28)/p+1. The van der Waals surface area contributed by atoms with E-state index in [0.717, 1.165) is 37.4 Å². The van der Waals surface area contributed by atoms with Crippen molar-refractivity contribution in [2.75, 3.05) is 31.1 Å². The lowest BCUT2D eigenvalue weighted by molar-refractivity contribution is -0.915. The first-order valence-corrected chi connectivity index (χ1v) is 9.75. The summed E-state index contributed by atoms with van der Waals surface area (Å²) >= 11 is 6.03. The van der Waals surface area contributed by atoms with E-state index in [9.17, 15) is 9.59 Å². The minimum Gasteiger partial charge on any atom is -0.360 e. The largest absolute Gasteiger partial charge is 0.360 e. The smallest absolute Gasteiger partial charge is 0.258 e. The van der Waals surface area contributed by atoms with Crippen molar-refractivity contribution in [1.29, 1.82) is 0 Å². The molecule has 1 fully saturated rings. The van der Waals surface area contributed by atoms with Crippen LogP contribution in [0.3, 0.4) is 0 Å². The lowest BCUT2D eigenvalue weighted by Crippen LogP contribution is -3.13. The van der Waals surface area contributed by atoms with Crippen molar-refractivity contribution < 1.29 is 9.69 Å². The van der Waals surface area contributed by atoms with E-state index in [4.69, 9.17) is 11.6 Å². The average Bonchev–Trinajstić information content (AvgIpc) is 2.68. The number of carbonyl (C=O) groups excluding carboxylic acids is 1. The number of nitrogens with zero attached hydrogens (tertiary/aromatic N) is 2. The minimum atomic E-state index is -0.125. The van der Waals surface area contributed by atoms with Crippen molar-refractivity contribution in [1.82, 2.24) is 9.97 Å². The Bertz CT molecular complexity index is 1070. The fraction of sp³-hybridized carbons (Fsp3) is 0.286. The lowest BCUT2D eigenvalue weighted by Gasteiger charge is -2.33. The van der Waals surface area contributed by atoms with Crippen LogP contribution < -0.4 is 15.4 Å². The number of halogens is 1. The molecule has 0 aliphatic carbocycles. The zero-order valence-corrected chi connectivity index (χ0v) is 16.4. The second-order valence-electron chi connectivity index (χ2n) is 7.19. The van der Waals surface area contributed by atoms with Gasteiger partial charge in [-0.25, -0.2) is 4.98 Å². The van der Waals surface area contributed by atoms with Crippen LogP contribution >= 0.6 is 11.6 Å². The summed E-state index contributed by atoms with van der Waals surface area (Å²) in [6.45, 7) is 5.99. The molecular formula is C21H22ClN4O2+. The molecule has 0 bridgehead atoms. The first-order valence-electron chi connectivity index (χ1n) is 9.37. The van der Waals surface area contributed by atoms with Crippen LogP contribution in [0.1, 0.15) is 23.1 Å². The van der Waals surface area contributed by atoms with E-state index in [1.807, 2.05) is 24.3 Å². The number of quaternary nitrogens is 1. The molecular weight excluding hydrogens is 376 g/mol. The molecule has 2 heterocycles. The highest BCUT2D eigenvalue weighted by atomic mass is 35.5. The van der Waals surface area contributed by atoms with Crippen LogP contribution in [0.25, 0.3) is 10.9 Å². The number of ketones is 1. The molecule has 0 radical (unpaired) electrons. The Morgan fingerprint density at radius 2 is 1.89 bits per heavy atom. The Hall–Kier alpha value is -2.70. The molecule has 144 valence electrons. The third kappa shape index (κ3) is 3.93. The Labute approximate surface area is 167 Å². The number of benzene rings is 2. The number of H-pyrrole nitrogens is 1. The van der Waals surface area contributed by atoms with Gasteiger partial charge < -0.3 is 14.8 Å². The molecule has 1 aromatic heterocycles. The number of carbonyl (C=O) groups is 1. The van der Waals surface area contributed by atoms with Gasteiger partial charge >= 0.3 is 0 Å². The van der Waals surface area contributed by atoms with Crippen LogP contribution in [-0.4, -0.2) is 41.9 Å². The summed E-state index contributed by atoms with van der Waals surface area (Å²) < 4.78 is 0. The summed E-state index contributed by atoms with van der Waals surface area (Å²) in [5.74, 6) is 0.771. The molecule has 4 rings (SSSR count). The van der Waals surface area contributed by atoms with Crippen LogP contribution in [0.4, 0.5) is 5.69 Å². The number of aromatic nitrogens is 2. The van der Waals surface area contributed by atoms with E-state index < -0.39 is 0 Å². The van der Waals surface area contributed by atoms with Crippen LogP contribution in [0.5, 0.6) is 0 Å². The highest BCUT2D eigenvalue weighted by molar-refractivity contribution is 6.31. The molecule has 0 unspecified atom stereocenters. The SMILES string of the molecule is CC(=O)c1ccc(N2CC[NH+](Cc3nc4cc(Cl)ccc4c(=O)[nH]3)CC2)cc1. The molecule has 28 heavy (non-hydrogen) atoms. The van der Waals surface area contributed by atoms with Gasteiger partial charge in [0, 0.05) is 16.3 Å². The van der Waals surface area contributed by atoms with Gasteiger partial charge in [-0.05, 0) is 49.4 Å². The monoisotopic (exact) mass is 397 g/mol. The van der Waals surface area contributed by atoms with Crippen molar-refractivity contribution in [2.24, 2.45) is 0 Å². The quantitative estimate of drug-likeness (QED) is 0.657. The van der Waals surface area contributed by atoms with Gasteiger partial charge in [0.05, 0.1) is 37.1 Å². The summed E-state index contributed by atoms with van der Waals surface area (Å²) in [5.41, 5.74) is 2.38. The predicted octanol–water partition coefficient (Wildman–Crippen LogP) is 1.68. The number of rotatable bonds is 4. The molecule has 1 aliphatic heterocycles. The Morgan fingerprint density at radius 3 is 2.57 bits per heavy atom. The molecule has 0 saturated carbocycles. The molecule has 7 heteroatoms. The number of hydrogen-bond donors (Lipinski definition) is 2. The number of anilines is 1. The Kier molecular flexibility index (Phi) is 5.15. The second-order valence-corrected chi connectivity index (χ2v) is 7.63. The predicted molar refractivity (Wildman–Crippen MR) is 110 cm³/mol. The molecule has 1 saturated heterocycles. The fourth-order valence-electron chi connectivity index (χ4n) is 3.65. The molecule has 1 aliphatic rings. The first kappa shape index (κ1) is 18.7.